The van der Waals surface area contributed by atoms with E-state index in [2.05, 4.69) is 4.74 Å². The molecular weight excluding hydrogens is 344 g/mol. The molecule has 0 spiro atoms. The van der Waals surface area contributed by atoms with Crippen LogP contribution in [0.1, 0.15) is 20.7 Å². The van der Waals surface area contributed by atoms with Crippen LogP contribution in [0.3, 0.4) is 0 Å². The second-order valence-electron chi connectivity index (χ2n) is 5.10. The highest BCUT2D eigenvalue weighted by Gasteiger charge is 2.16. The van der Waals surface area contributed by atoms with Crippen LogP contribution in [0.25, 0.3) is 0 Å². The lowest BCUT2D eigenvalue weighted by Gasteiger charge is -2.00. The van der Waals surface area contributed by atoms with Crippen molar-refractivity contribution in [3.8, 4) is 23.0 Å². The predicted molar refractivity (Wildman–Crippen MR) is 88.1 cm³/mol. The fourth-order valence-corrected chi connectivity index (χ4v) is 2.26. The van der Waals surface area contributed by atoms with Crippen LogP contribution in [0.5, 0.6) is 23.0 Å². The van der Waals surface area contributed by atoms with E-state index in [9.17, 15) is 9.59 Å². The number of nitrogens with two attached hydrogens (primary N) is 1. The highest BCUT2D eigenvalue weighted by molar-refractivity contribution is 5.94. The first-order valence-electron chi connectivity index (χ1n) is 7.51. The molecule has 9 heteroatoms. The molecule has 0 fully saturated rings. The van der Waals surface area contributed by atoms with Crippen molar-refractivity contribution < 1.29 is 33.3 Å². The lowest BCUT2D eigenvalue weighted by molar-refractivity contribution is 0.0600. The molecule has 2 heterocycles. The maximum Gasteiger partial charge on any atom is 0.337 e. The quantitative estimate of drug-likeness (QED) is 0.355. The van der Waals surface area contributed by atoms with Gasteiger partial charge < -0.3 is 23.7 Å². The van der Waals surface area contributed by atoms with Gasteiger partial charge in [0.1, 0.15) is 0 Å². The predicted octanol–water partition coefficient (Wildman–Crippen LogP) is 1.22. The second-order valence-corrected chi connectivity index (χ2v) is 5.10. The molecule has 9 nitrogen and oxygen atoms in total. The summed E-state index contributed by atoms with van der Waals surface area (Å²) < 4.78 is 24.9. The van der Waals surface area contributed by atoms with Gasteiger partial charge in [0.05, 0.1) is 12.7 Å². The van der Waals surface area contributed by atoms with E-state index in [1.807, 2.05) is 5.43 Å². The molecular formula is C17H16N2O7. The highest BCUT2D eigenvalue weighted by atomic mass is 16.7. The molecule has 4 rings (SSSR count). The van der Waals surface area contributed by atoms with Crippen molar-refractivity contribution >= 4 is 11.9 Å². The lowest BCUT2D eigenvalue weighted by atomic mass is 10.2. The van der Waals surface area contributed by atoms with Crippen LogP contribution in [0.4, 0.5) is 0 Å². The van der Waals surface area contributed by atoms with E-state index in [-0.39, 0.29) is 25.5 Å². The molecule has 0 atom stereocenters. The molecule has 3 N–H and O–H groups in total. The third-order valence-corrected chi connectivity index (χ3v) is 3.56. The molecule has 0 radical (unpaired) electrons. The van der Waals surface area contributed by atoms with Crippen molar-refractivity contribution in [3.63, 3.8) is 0 Å². The number of nitrogens with one attached hydrogen (secondary N) is 1. The van der Waals surface area contributed by atoms with Gasteiger partial charge in [-0.15, -0.1) is 0 Å². The number of nitrogen functional groups attached to an aromatic ring is 1. The Morgan fingerprint density at radius 2 is 1.38 bits per heavy atom. The summed E-state index contributed by atoms with van der Waals surface area (Å²) in [5.74, 6) is 6.72. The average molecular weight is 360 g/mol. The summed E-state index contributed by atoms with van der Waals surface area (Å²) >= 11 is 0. The minimum absolute atomic E-state index is 0.197. The molecule has 2 aliphatic rings. The Kier molecular flexibility index (Phi) is 5.09. The monoisotopic (exact) mass is 360 g/mol. The number of hydrazine groups is 1. The number of carbonyl (C=O) groups is 2. The Labute approximate surface area is 148 Å². The zero-order valence-corrected chi connectivity index (χ0v) is 13.8. The lowest BCUT2D eigenvalue weighted by Crippen LogP contribution is -2.29. The molecule has 0 saturated carbocycles. The number of hydrogen-bond donors (Lipinski definition) is 2. The van der Waals surface area contributed by atoms with Gasteiger partial charge in [0.25, 0.3) is 5.91 Å². The highest BCUT2D eigenvalue weighted by Crippen LogP contribution is 2.33. The van der Waals surface area contributed by atoms with Crippen LogP contribution in [0.15, 0.2) is 36.4 Å². The fraction of sp³-hybridized carbons (Fsp3) is 0.176. The molecule has 26 heavy (non-hydrogen) atoms. The van der Waals surface area contributed by atoms with Crippen LogP contribution in [0, 0.1) is 0 Å². The van der Waals surface area contributed by atoms with E-state index >= 15 is 0 Å². The minimum atomic E-state index is -0.377. The van der Waals surface area contributed by atoms with Crippen LogP contribution in [-0.4, -0.2) is 32.6 Å². The molecule has 0 saturated heterocycles. The number of fused-ring (bicyclic) bond motifs is 2. The summed E-state index contributed by atoms with van der Waals surface area (Å²) in [4.78, 5) is 22.2. The second kappa shape index (κ2) is 7.62. The summed E-state index contributed by atoms with van der Waals surface area (Å²) in [6.45, 7) is 0.406. The maximum atomic E-state index is 11.1. The van der Waals surface area contributed by atoms with Gasteiger partial charge in [-0.25, -0.2) is 10.6 Å². The molecule has 0 unspecified atom stereocenters. The zero-order valence-electron chi connectivity index (χ0n) is 13.8. The topological polar surface area (TPSA) is 118 Å². The van der Waals surface area contributed by atoms with Crippen LogP contribution in [0.2, 0.25) is 0 Å². The Balaban J connectivity index is 0.000000151. The Morgan fingerprint density at radius 3 is 1.92 bits per heavy atom. The normalized spacial score (nSPS) is 12.7. The third-order valence-electron chi connectivity index (χ3n) is 3.56. The van der Waals surface area contributed by atoms with Gasteiger partial charge in [-0.05, 0) is 36.4 Å². The summed E-state index contributed by atoms with van der Waals surface area (Å²) in [6, 6.07) is 9.81. The summed E-state index contributed by atoms with van der Waals surface area (Å²) in [7, 11) is 1.34. The Bertz CT molecular complexity index is 768. The number of ether oxygens (including phenoxy) is 5. The zero-order chi connectivity index (χ0) is 18.5. The first-order chi connectivity index (χ1) is 12.6. The third kappa shape index (κ3) is 3.62. The number of carbonyl (C=O) groups excluding carboxylic acids is 2. The van der Waals surface area contributed by atoms with Crippen LogP contribution < -0.4 is 30.2 Å². The standard InChI is InChI=1S/C9H8O4.C8H8N2O3/c1-11-9(10)6-2-3-7-8(4-6)13-5-12-7;9-10-8(11)5-1-2-6-7(3-5)13-4-12-6/h2-4H,5H2,1H3;1-3H,4,9H2,(H,10,11). The first kappa shape index (κ1) is 17.4. The van der Waals surface area contributed by atoms with Crippen LogP contribution >= 0.6 is 0 Å². The van der Waals surface area contributed by atoms with Crippen molar-refractivity contribution in [2.24, 2.45) is 5.84 Å². The van der Waals surface area contributed by atoms with E-state index < -0.39 is 0 Å². The molecule has 2 aliphatic heterocycles. The number of amides is 1. The van der Waals surface area contributed by atoms with Gasteiger partial charge in [0.2, 0.25) is 13.6 Å². The average Bonchev–Trinajstić information content (AvgIpc) is 3.34. The number of benzene rings is 2. The fourth-order valence-electron chi connectivity index (χ4n) is 2.26. The van der Waals surface area contributed by atoms with Gasteiger partial charge in [-0.2, -0.15) is 0 Å². The van der Waals surface area contributed by atoms with Gasteiger partial charge in [0.15, 0.2) is 23.0 Å². The molecule has 2 aromatic carbocycles. The number of hydrogen-bond acceptors (Lipinski definition) is 8. The van der Waals surface area contributed by atoms with Crippen molar-refractivity contribution in [2.75, 3.05) is 20.7 Å². The summed E-state index contributed by atoms with van der Waals surface area (Å²) in [5, 5.41) is 0. The molecule has 0 aliphatic carbocycles. The molecule has 0 bridgehead atoms. The Morgan fingerprint density at radius 1 is 0.885 bits per heavy atom. The van der Waals surface area contributed by atoms with Gasteiger partial charge in [-0.3, -0.25) is 10.2 Å². The van der Waals surface area contributed by atoms with E-state index in [0.29, 0.717) is 34.1 Å². The summed E-state index contributed by atoms with van der Waals surface area (Å²) in [5.41, 5.74) is 2.95. The van der Waals surface area contributed by atoms with E-state index in [4.69, 9.17) is 24.8 Å². The number of esters is 1. The van der Waals surface area contributed by atoms with Crippen molar-refractivity contribution in [3.05, 3.63) is 47.5 Å². The van der Waals surface area contributed by atoms with Crippen molar-refractivity contribution in [2.45, 2.75) is 0 Å². The van der Waals surface area contributed by atoms with Gasteiger partial charge >= 0.3 is 5.97 Å². The molecule has 136 valence electrons. The van der Waals surface area contributed by atoms with Gasteiger partial charge in [-0.1, -0.05) is 0 Å². The minimum Gasteiger partial charge on any atom is -0.465 e. The number of rotatable bonds is 2. The number of methoxy groups -OCH3 is 1. The Hall–Kier alpha value is -3.46. The van der Waals surface area contributed by atoms with Gasteiger partial charge in [0, 0.05) is 5.56 Å². The first-order valence-corrected chi connectivity index (χ1v) is 7.51. The molecule has 1 amide bonds. The van der Waals surface area contributed by atoms with Crippen molar-refractivity contribution in [1.82, 2.24) is 5.43 Å². The van der Waals surface area contributed by atoms with Crippen LogP contribution in [-0.2, 0) is 4.74 Å². The summed E-state index contributed by atoms with van der Waals surface area (Å²) in [6.07, 6.45) is 0. The molecule has 0 aromatic heterocycles. The SMILES string of the molecule is COC(=O)c1ccc2c(c1)OCO2.NNC(=O)c1ccc2c(c1)OCO2. The maximum absolute atomic E-state index is 11.1. The van der Waals surface area contributed by atoms with E-state index in [1.54, 1.807) is 36.4 Å². The molecule has 2 aromatic rings. The smallest absolute Gasteiger partial charge is 0.337 e. The van der Waals surface area contributed by atoms with E-state index in [1.165, 1.54) is 7.11 Å². The van der Waals surface area contributed by atoms with E-state index in [0.717, 1.165) is 0 Å². The largest absolute Gasteiger partial charge is 0.465 e. The van der Waals surface area contributed by atoms with Crippen molar-refractivity contribution in [1.29, 1.82) is 0 Å².